The molecule has 1 heterocycles. The summed E-state index contributed by atoms with van der Waals surface area (Å²) in [5.74, 6) is -0.126. The van der Waals surface area contributed by atoms with Crippen LogP contribution in [0.25, 0.3) is 0 Å². The summed E-state index contributed by atoms with van der Waals surface area (Å²) in [5, 5.41) is 12.8. The number of nitrogens with one attached hydrogen (secondary N) is 1. The number of likely N-dealkylation sites (tertiary alicyclic amines) is 1. The molecule has 0 aromatic rings. The average molecular weight is 296 g/mol. The Morgan fingerprint density at radius 3 is 2.62 bits per heavy atom. The molecule has 2 rings (SSSR count). The van der Waals surface area contributed by atoms with Gasteiger partial charge < -0.3 is 10.4 Å². The molecule has 122 valence electrons. The van der Waals surface area contributed by atoms with E-state index in [9.17, 15) is 4.79 Å². The minimum absolute atomic E-state index is 0.315. The Balaban J connectivity index is 1.90. The SMILES string of the molecule is CCC(C)N1CC(CCC(=O)O)CC(NC2CCCC2)C1. The van der Waals surface area contributed by atoms with Gasteiger partial charge in [-0.05, 0) is 44.9 Å². The number of piperidine rings is 1. The Bertz CT molecular complexity index is 329. The van der Waals surface area contributed by atoms with Crippen molar-refractivity contribution in [1.82, 2.24) is 10.2 Å². The lowest BCUT2D eigenvalue weighted by Crippen LogP contribution is -2.53. The predicted octanol–water partition coefficient (Wildman–Crippen LogP) is 2.87. The van der Waals surface area contributed by atoms with E-state index in [1.807, 2.05) is 0 Å². The Morgan fingerprint density at radius 1 is 1.29 bits per heavy atom. The van der Waals surface area contributed by atoms with Crippen LogP contribution in [0.5, 0.6) is 0 Å². The second-order valence-electron chi connectivity index (χ2n) is 7.09. The van der Waals surface area contributed by atoms with Gasteiger partial charge in [0.05, 0.1) is 0 Å². The molecular weight excluding hydrogens is 264 g/mol. The Labute approximate surface area is 129 Å². The van der Waals surface area contributed by atoms with Crippen molar-refractivity contribution in [2.45, 2.75) is 83.3 Å². The van der Waals surface area contributed by atoms with E-state index in [1.165, 1.54) is 32.1 Å². The van der Waals surface area contributed by atoms with Gasteiger partial charge in [-0.3, -0.25) is 9.69 Å². The van der Waals surface area contributed by atoms with Gasteiger partial charge >= 0.3 is 5.97 Å². The summed E-state index contributed by atoms with van der Waals surface area (Å²) in [6.45, 7) is 6.75. The Morgan fingerprint density at radius 2 is 2.00 bits per heavy atom. The quantitative estimate of drug-likeness (QED) is 0.758. The second kappa shape index (κ2) is 8.14. The lowest BCUT2D eigenvalue weighted by molar-refractivity contribution is -0.137. The molecule has 0 radical (unpaired) electrons. The predicted molar refractivity (Wildman–Crippen MR) is 85.5 cm³/mol. The van der Waals surface area contributed by atoms with Crippen LogP contribution in [0.1, 0.15) is 65.2 Å². The van der Waals surface area contributed by atoms with Crippen molar-refractivity contribution >= 4 is 5.97 Å². The number of nitrogens with zero attached hydrogens (tertiary/aromatic N) is 1. The van der Waals surface area contributed by atoms with Crippen LogP contribution in [0.3, 0.4) is 0 Å². The molecule has 0 spiro atoms. The summed E-state index contributed by atoms with van der Waals surface area (Å²) in [6, 6.07) is 1.85. The van der Waals surface area contributed by atoms with E-state index in [0.717, 1.165) is 25.9 Å². The highest BCUT2D eigenvalue weighted by Crippen LogP contribution is 2.26. The number of carboxylic acids is 1. The van der Waals surface area contributed by atoms with Gasteiger partial charge in [0.2, 0.25) is 0 Å². The normalized spacial score (nSPS) is 29.6. The topological polar surface area (TPSA) is 52.6 Å². The fourth-order valence-corrected chi connectivity index (χ4v) is 3.94. The van der Waals surface area contributed by atoms with Gasteiger partial charge in [-0.1, -0.05) is 19.8 Å². The number of aliphatic carboxylic acids is 1. The molecule has 3 atom stereocenters. The summed E-state index contributed by atoms with van der Waals surface area (Å²) in [6.07, 6.45) is 8.82. The molecule has 4 heteroatoms. The van der Waals surface area contributed by atoms with Crippen molar-refractivity contribution in [2.75, 3.05) is 13.1 Å². The summed E-state index contributed by atoms with van der Waals surface area (Å²) in [5.41, 5.74) is 0. The van der Waals surface area contributed by atoms with Crippen molar-refractivity contribution in [2.24, 2.45) is 5.92 Å². The zero-order valence-electron chi connectivity index (χ0n) is 13.7. The molecule has 2 N–H and O–H groups in total. The average Bonchev–Trinajstić information content (AvgIpc) is 2.97. The molecule has 2 aliphatic rings. The van der Waals surface area contributed by atoms with E-state index in [-0.39, 0.29) is 0 Å². The lowest BCUT2D eigenvalue weighted by Gasteiger charge is -2.42. The third-order valence-electron chi connectivity index (χ3n) is 5.37. The molecular formula is C17H32N2O2. The third-order valence-corrected chi connectivity index (χ3v) is 5.37. The Kier molecular flexibility index (Phi) is 6.49. The van der Waals surface area contributed by atoms with Gasteiger partial charge in [-0.25, -0.2) is 0 Å². The Hall–Kier alpha value is -0.610. The van der Waals surface area contributed by atoms with Crippen LogP contribution in [0.2, 0.25) is 0 Å². The molecule has 0 amide bonds. The van der Waals surface area contributed by atoms with Crippen molar-refractivity contribution in [3.63, 3.8) is 0 Å². The van der Waals surface area contributed by atoms with E-state index in [1.54, 1.807) is 0 Å². The second-order valence-corrected chi connectivity index (χ2v) is 7.09. The lowest BCUT2D eigenvalue weighted by atomic mass is 9.89. The van der Waals surface area contributed by atoms with Gasteiger partial charge in [0.25, 0.3) is 0 Å². The monoisotopic (exact) mass is 296 g/mol. The van der Waals surface area contributed by atoms with E-state index < -0.39 is 5.97 Å². The summed E-state index contributed by atoms with van der Waals surface area (Å²) >= 11 is 0. The molecule has 3 unspecified atom stereocenters. The number of hydrogen-bond donors (Lipinski definition) is 2. The van der Waals surface area contributed by atoms with Crippen molar-refractivity contribution in [3.8, 4) is 0 Å². The molecule has 0 aromatic carbocycles. The number of carboxylic acid groups (broad SMARTS) is 1. The highest BCUT2D eigenvalue weighted by molar-refractivity contribution is 5.66. The minimum Gasteiger partial charge on any atom is -0.481 e. The molecule has 1 aliphatic heterocycles. The van der Waals surface area contributed by atoms with E-state index in [2.05, 4.69) is 24.1 Å². The summed E-state index contributed by atoms with van der Waals surface area (Å²) < 4.78 is 0. The minimum atomic E-state index is -0.657. The third kappa shape index (κ3) is 5.26. The maximum absolute atomic E-state index is 10.8. The number of rotatable bonds is 7. The molecule has 4 nitrogen and oxygen atoms in total. The highest BCUT2D eigenvalue weighted by atomic mass is 16.4. The first-order valence-corrected chi connectivity index (χ1v) is 8.80. The van der Waals surface area contributed by atoms with Crippen LogP contribution in [0, 0.1) is 5.92 Å². The highest BCUT2D eigenvalue weighted by Gasteiger charge is 2.31. The maximum atomic E-state index is 10.8. The summed E-state index contributed by atoms with van der Waals surface area (Å²) in [7, 11) is 0. The van der Waals surface area contributed by atoms with Crippen LogP contribution in [-0.2, 0) is 4.79 Å². The number of carbonyl (C=O) groups is 1. The van der Waals surface area contributed by atoms with Crippen molar-refractivity contribution < 1.29 is 9.90 Å². The van der Waals surface area contributed by atoms with Gasteiger partial charge in [0.15, 0.2) is 0 Å². The van der Waals surface area contributed by atoms with Crippen LogP contribution in [0.4, 0.5) is 0 Å². The summed E-state index contributed by atoms with van der Waals surface area (Å²) in [4.78, 5) is 13.4. The zero-order valence-corrected chi connectivity index (χ0v) is 13.7. The molecule has 1 saturated heterocycles. The van der Waals surface area contributed by atoms with E-state index in [4.69, 9.17) is 5.11 Å². The van der Waals surface area contributed by atoms with E-state index >= 15 is 0 Å². The molecule has 1 saturated carbocycles. The van der Waals surface area contributed by atoms with Crippen LogP contribution in [0.15, 0.2) is 0 Å². The van der Waals surface area contributed by atoms with Gasteiger partial charge in [-0.2, -0.15) is 0 Å². The first-order valence-electron chi connectivity index (χ1n) is 8.80. The van der Waals surface area contributed by atoms with Gasteiger partial charge in [0, 0.05) is 37.6 Å². The first-order chi connectivity index (χ1) is 10.1. The fourth-order valence-electron chi connectivity index (χ4n) is 3.94. The van der Waals surface area contributed by atoms with E-state index in [0.29, 0.717) is 30.5 Å². The zero-order chi connectivity index (χ0) is 15.2. The van der Waals surface area contributed by atoms with Crippen molar-refractivity contribution in [1.29, 1.82) is 0 Å². The molecule has 2 fully saturated rings. The molecule has 1 aliphatic carbocycles. The largest absolute Gasteiger partial charge is 0.481 e. The van der Waals surface area contributed by atoms with Gasteiger partial charge in [-0.15, -0.1) is 0 Å². The number of hydrogen-bond acceptors (Lipinski definition) is 3. The first kappa shape index (κ1) is 16.8. The van der Waals surface area contributed by atoms with Gasteiger partial charge in [0.1, 0.15) is 0 Å². The molecule has 21 heavy (non-hydrogen) atoms. The molecule has 0 aromatic heterocycles. The van der Waals surface area contributed by atoms with Crippen LogP contribution >= 0.6 is 0 Å². The van der Waals surface area contributed by atoms with Crippen molar-refractivity contribution in [3.05, 3.63) is 0 Å². The van der Waals surface area contributed by atoms with Crippen LogP contribution < -0.4 is 5.32 Å². The molecule has 0 bridgehead atoms. The fraction of sp³-hybridized carbons (Fsp3) is 0.941. The van der Waals surface area contributed by atoms with Crippen LogP contribution in [-0.4, -0.2) is 47.2 Å². The maximum Gasteiger partial charge on any atom is 0.303 e. The smallest absolute Gasteiger partial charge is 0.303 e. The standard InChI is InChI=1S/C17H32N2O2/c1-3-13(2)19-11-14(8-9-17(20)21)10-16(12-19)18-15-6-4-5-7-15/h13-16,18H,3-12H2,1-2H3,(H,20,21).